The van der Waals surface area contributed by atoms with Crippen molar-refractivity contribution in [1.29, 1.82) is 0 Å². The Morgan fingerprint density at radius 1 is 1.47 bits per heavy atom. The Balaban J connectivity index is 0.000000583. The van der Waals surface area contributed by atoms with Gasteiger partial charge in [-0.2, -0.15) is 0 Å². The van der Waals surface area contributed by atoms with Crippen LogP contribution >= 0.6 is 11.3 Å². The van der Waals surface area contributed by atoms with Gasteiger partial charge in [-0.15, -0.1) is 11.3 Å². The predicted molar refractivity (Wildman–Crippen MR) is 55.6 cm³/mol. The van der Waals surface area contributed by atoms with Crippen molar-refractivity contribution >= 4 is 23.6 Å². The highest BCUT2D eigenvalue weighted by molar-refractivity contribution is 7.15. The molecule has 0 spiro atoms. The van der Waals surface area contributed by atoms with Gasteiger partial charge < -0.3 is 14.6 Å². The van der Waals surface area contributed by atoms with Gasteiger partial charge in [-0.05, 0) is 0 Å². The Kier molecular flexibility index (Phi) is 6.32. The van der Waals surface area contributed by atoms with Crippen LogP contribution in [0.4, 0.5) is 0 Å². The first-order valence-electron chi connectivity index (χ1n) is 3.87. The summed E-state index contributed by atoms with van der Waals surface area (Å²) in [6, 6.07) is 1.23. The molecule has 0 amide bonds. The molecule has 0 atom stereocenters. The van der Waals surface area contributed by atoms with Crippen molar-refractivity contribution in [3.63, 3.8) is 0 Å². The lowest BCUT2D eigenvalue weighted by atomic mass is 10.4. The summed E-state index contributed by atoms with van der Waals surface area (Å²) >= 11 is 0.900. The molecule has 0 aliphatic rings. The molecule has 0 aliphatic carbocycles. The third-order valence-electron chi connectivity index (χ3n) is 1.22. The third-order valence-corrected chi connectivity index (χ3v) is 2.25. The Hall–Kier alpha value is -1.40. The fourth-order valence-electron chi connectivity index (χ4n) is 0.697. The fraction of sp³-hybridized carbons (Fsp3) is 0.333. The molecule has 1 aromatic rings. The predicted octanol–water partition coefficient (Wildman–Crippen LogP) is 1.32. The van der Waals surface area contributed by atoms with Crippen LogP contribution in [0.3, 0.4) is 0 Å². The van der Waals surface area contributed by atoms with Gasteiger partial charge in [0.1, 0.15) is 5.75 Å². The molecule has 1 N–H and O–H groups in total. The quantitative estimate of drug-likeness (QED) is 0.615. The van der Waals surface area contributed by atoms with Crippen LogP contribution in [-0.2, 0) is 9.47 Å². The monoisotopic (exact) mass is 232 g/mol. The van der Waals surface area contributed by atoms with Crippen LogP contribution in [0.2, 0.25) is 0 Å². The van der Waals surface area contributed by atoms with Crippen LogP contribution in [0, 0.1) is 0 Å². The maximum absolute atomic E-state index is 10.9. The third kappa shape index (κ3) is 4.09. The number of methoxy groups -OCH3 is 2. The molecule has 0 saturated heterocycles. The van der Waals surface area contributed by atoms with Crippen LogP contribution < -0.4 is 0 Å². The number of ether oxygens (including phenoxy) is 2. The lowest BCUT2D eigenvalue weighted by Gasteiger charge is -1.93. The molecule has 1 aromatic heterocycles. The van der Waals surface area contributed by atoms with Gasteiger partial charge in [0.05, 0.1) is 12.0 Å². The average molecular weight is 232 g/mol. The van der Waals surface area contributed by atoms with Crippen molar-refractivity contribution in [2.75, 3.05) is 21.3 Å². The maximum atomic E-state index is 10.9. The molecule has 5 nitrogen and oxygen atoms in total. The Morgan fingerprint density at radius 2 is 2.00 bits per heavy atom. The number of esters is 1. The standard InChI is InChI=1S/C7H6O4S.C2H6O/c1-11-7(10)6-5(9)2-4(3-8)12-6;1-3-2/h2-3,9H,1H3;1-2H3. The van der Waals surface area contributed by atoms with E-state index in [1.165, 1.54) is 13.2 Å². The van der Waals surface area contributed by atoms with E-state index < -0.39 is 5.97 Å². The summed E-state index contributed by atoms with van der Waals surface area (Å²) in [6.07, 6.45) is 0.566. The van der Waals surface area contributed by atoms with Crippen LogP contribution in [0.25, 0.3) is 0 Å². The van der Waals surface area contributed by atoms with Gasteiger partial charge in [0, 0.05) is 20.3 Å². The Morgan fingerprint density at radius 3 is 2.33 bits per heavy atom. The number of rotatable bonds is 2. The van der Waals surface area contributed by atoms with Gasteiger partial charge in [-0.25, -0.2) is 4.79 Å². The lowest BCUT2D eigenvalue weighted by Crippen LogP contribution is -1.97. The van der Waals surface area contributed by atoms with Crippen molar-refractivity contribution in [3.8, 4) is 5.75 Å². The highest BCUT2D eigenvalue weighted by atomic mass is 32.1. The van der Waals surface area contributed by atoms with Gasteiger partial charge in [-0.1, -0.05) is 0 Å². The van der Waals surface area contributed by atoms with Crippen LogP contribution in [-0.4, -0.2) is 38.7 Å². The van der Waals surface area contributed by atoms with E-state index in [9.17, 15) is 9.59 Å². The molecular formula is C9H12O5S. The summed E-state index contributed by atoms with van der Waals surface area (Å²) in [4.78, 5) is 21.5. The number of hydrogen-bond donors (Lipinski definition) is 1. The van der Waals surface area contributed by atoms with Gasteiger partial charge in [0.25, 0.3) is 0 Å². The molecule has 1 rings (SSSR count). The highest BCUT2D eigenvalue weighted by Crippen LogP contribution is 2.27. The molecule has 0 radical (unpaired) electrons. The van der Waals surface area contributed by atoms with E-state index in [0.717, 1.165) is 11.3 Å². The largest absolute Gasteiger partial charge is 0.506 e. The zero-order valence-corrected chi connectivity index (χ0v) is 9.46. The van der Waals surface area contributed by atoms with Gasteiger partial charge in [0.2, 0.25) is 0 Å². The van der Waals surface area contributed by atoms with E-state index in [0.29, 0.717) is 11.2 Å². The number of thiophene rings is 1. The Labute approximate surface area is 91.2 Å². The highest BCUT2D eigenvalue weighted by Gasteiger charge is 2.15. The minimum atomic E-state index is -0.634. The van der Waals surface area contributed by atoms with Crippen molar-refractivity contribution in [3.05, 3.63) is 15.8 Å². The summed E-state index contributed by atoms with van der Waals surface area (Å²) in [7, 11) is 4.46. The van der Waals surface area contributed by atoms with Crippen LogP contribution in [0.1, 0.15) is 19.3 Å². The number of carbonyl (C=O) groups is 2. The zero-order chi connectivity index (χ0) is 11.8. The van der Waals surface area contributed by atoms with Crippen molar-refractivity contribution in [2.45, 2.75) is 0 Å². The molecule has 6 heteroatoms. The minimum absolute atomic E-state index is 0.0552. The molecule has 84 valence electrons. The average Bonchev–Trinajstić information content (AvgIpc) is 2.60. The molecule has 0 aliphatic heterocycles. The Bertz CT molecular complexity index is 331. The van der Waals surface area contributed by atoms with E-state index in [4.69, 9.17) is 5.11 Å². The van der Waals surface area contributed by atoms with Gasteiger partial charge in [-0.3, -0.25) is 4.79 Å². The minimum Gasteiger partial charge on any atom is -0.506 e. The van der Waals surface area contributed by atoms with E-state index in [2.05, 4.69) is 9.47 Å². The molecule has 15 heavy (non-hydrogen) atoms. The lowest BCUT2D eigenvalue weighted by molar-refractivity contribution is 0.0603. The first kappa shape index (κ1) is 13.6. The summed E-state index contributed by atoms with van der Waals surface area (Å²) < 4.78 is 8.62. The molecule has 0 fully saturated rings. The second-order valence-electron chi connectivity index (χ2n) is 2.38. The van der Waals surface area contributed by atoms with E-state index >= 15 is 0 Å². The van der Waals surface area contributed by atoms with Crippen molar-refractivity contribution in [2.24, 2.45) is 0 Å². The first-order valence-corrected chi connectivity index (χ1v) is 4.68. The van der Waals surface area contributed by atoms with Gasteiger partial charge >= 0.3 is 5.97 Å². The molecule has 0 unspecified atom stereocenters. The summed E-state index contributed by atoms with van der Waals surface area (Å²) in [5.74, 6) is -0.848. The summed E-state index contributed by atoms with van der Waals surface area (Å²) in [6.45, 7) is 0. The topological polar surface area (TPSA) is 72.8 Å². The van der Waals surface area contributed by atoms with Crippen molar-refractivity contribution < 1.29 is 24.2 Å². The van der Waals surface area contributed by atoms with Crippen LogP contribution in [0.15, 0.2) is 6.07 Å². The van der Waals surface area contributed by atoms with Crippen LogP contribution in [0.5, 0.6) is 5.75 Å². The summed E-state index contributed by atoms with van der Waals surface area (Å²) in [5, 5.41) is 9.11. The second kappa shape index (κ2) is 6.97. The number of aldehydes is 1. The van der Waals surface area contributed by atoms with E-state index in [-0.39, 0.29) is 10.6 Å². The molecule has 0 aromatic carbocycles. The first-order chi connectivity index (χ1) is 7.10. The summed E-state index contributed by atoms with van der Waals surface area (Å²) in [5.41, 5.74) is 0. The smallest absolute Gasteiger partial charge is 0.351 e. The fourth-order valence-corrected chi connectivity index (χ4v) is 1.48. The molecule has 0 bridgehead atoms. The van der Waals surface area contributed by atoms with Gasteiger partial charge in [0.15, 0.2) is 11.2 Å². The number of carbonyl (C=O) groups excluding carboxylic acids is 2. The van der Waals surface area contributed by atoms with E-state index in [1.807, 2.05) is 0 Å². The SMILES string of the molecule is COC.COC(=O)c1sc(C=O)cc1O. The molecule has 0 saturated carbocycles. The second-order valence-corrected chi connectivity index (χ2v) is 3.46. The maximum Gasteiger partial charge on any atom is 0.351 e. The number of aromatic hydroxyl groups is 1. The van der Waals surface area contributed by atoms with E-state index in [1.54, 1.807) is 14.2 Å². The normalized spacial score (nSPS) is 8.73. The molecule has 1 heterocycles. The van der Waals surface area contributed by atoms with Crippen molar-refractivity contribution in [1.82, 2.24) is 0 Å². The molecular weight excluding hydrogens is 220 g/mol. The number of hydrogen-bond acceptors (Lipinski definition) is 6. The zero-order valence-electron chi connectivity index (χ0n) is 8.64.